The molecule has 0 aliphatic heterocycles. The lowest BCUT2D eigenvalue weighted by Crippen LogP contribution is -2.23. The summed E-state index contributed by atoms with van der Waals surface area (Å²) in [5.74, 6) is -1.48. The van der Waals surface area contributed by atoms with E-state index in [4.69, 9.17) is 5.11 Å². The predicted octanol–water partition coefficient (Wildman–Crippen LogP) is 8.08. The lowest BCUT2D eigenvalue weighted by Gasteiger charge is -2.12. The number of thiophene rings is 1. The molecule has 5 aromatic carbocycles. The standard InChI is InChI=1S/C34H24FNO3S/c35-30-16-22(14-25-8-4-5-9-28(25)30)15-27-20-40-31-18-26(23-6-2-1-3-7-23)17-29(32(27)31)33(37)36-19-21-10-12-24(13-11-21)34(38)39/h1-14,16-18,20H,15,19H2,(H,36,37)(H,38,39). The Morgan fingerprint density at radius 1 is 0.800 bits per heavy atom. The summed E-state index contributed by atoms with van der Waals surface area (Å²) >= 11 is 1.57. The third-order valence-corrected chi connectivity index (χ3v) is 8.00. The maximum Gasteiger partial charge on any atom is 0.335 e. The summed E-state index contributed by atoms with van der Waals surface area (Å²) in [5.41, 5.74) is 5.30. The van der Waals surface area contributed by atoms with Crippen molar-refractivity contribution in [1.82, 2.24) is 5.32 Å². The highest BCUT2D eigenvalue weighted by molar-refractivity contribution is 7.17. The lowest BCUT2D eigenvalue weighted by molar-refractivity contribution is 0.0696. The Bertz CT molecular complexity index is 1880. The van der Waals surface area contributed by atoms with Crippen molar-refractivity contribution in [2.24, 2.45) is 0 Å². The molecule has 1 heterocycles. The number of halogens is 1. The van der Waals surface area contributed by atoms with Crippen molar-refractivity contribution in [2.75, 3.05) is 0 Å². The zero-order chi connectivity index (χ0) is 27.6. The summed E-state index contributed by atoms with van der Waals surface area (Å²) in [6, 6.07) is 31.4. The van der Waals surface area contributed by atoms with E-state index >= 15 is 0 Å². The van der Waals surface area contributed by atoms with Crippen LogP contribution >= 0.6 is 11.3 Å². The van der Waals surface area contributed by atoms with Gasteiger partial charge in [-0.05, 0) is 75.3 Å². The quantitative estimate of drug-likeness (QED) is 0.213. The molecule has 0 atom stereocenters. The molecule has 0 bridgehead atoms. The minimum absolute atomic E-state index is 0.195. The third-order valence-electron chi connectivity index (χ3n) is 7.02. The van der Waals surface area contributed by atoms with Gasteiger partial charge in [0.25, 0.3) is 5.91 Å². The normalized spacial score (nSPS) is 11.1. The van der Waals surface area contributed by atoms with Crippen LogP contribution in [0.4, 0.5) is 4.39 Å². The van der Waals surface area contributed by atoms with Crippen LogP contribution in [-0.2, 0) is 13.0 Å². The van der Waals surface area contributed by atoms with E-state index in [2.05, 4.69) is 11.4 Å². The molecule has 1 aromatic heterocycles. The first-order valence-corrected chi connectivity index (χ1v) is 13.7. The van der Waals surface area contributed by atoms with Crippen LogP contribution in [0.2, 0.25) is 0 Å². The summed E-state index contributed by atoms with van der Waals surface area (Å²) < 4.78 is 15.9. The number of carboxylic acid groups (broad SMARTS) is 1. The predicted molar refractivity (Wildman–Crippen MR) is 159 cm³/mol. The number of fused-ring (bicyclic) bond motifs is 2. The summed E-state index contributed by atoms with van der Waals surface area (Å²) in [7, 11) is 0. The molecule has 1 amide bonds. The molecule has 196 valence electrons. The van der Waals surface area contributed by atoms with Crippen molar-refractivity contribution >= 4 is 44.1 Å². The SMILES string of the molecule is O=C(O)c1ccc(CNC(=O)c2cc(-c3ccccc3)cc3scc(Cc4cc(F)c5ccccc5c4)c23)cc1. The smallest absolute Gasteiger partial charge is 0.335 e. The Balaban J connectivity index is 1.38. The second-order valence-electron chi connectivity index (χ2n) is 9.68. The Labute approximate surface area is 234 Å². The highest BCUT2D eigenvalue weighted by Crippen LogP contribution is 2.36. The summed E-state index contributed by atoms with van der Waals surface area (Å²) in [6.07, 6.45) is 0.489. The number of hydrogen-bond acceptors (Lipinski definition) is 3. The molecule has 0 unspecified atom stereocenters. The van der Waals surface area contributed by atoms with E-state index in [0.29, 0.717) is 17.4 Å². The van der Waals surface area contributed by atoms with Crippen LogP contribution in [0.1, 0.15) is 37.4 Å². The second-order valence-corrected chi connectivity index (χ2v) is 10.6. The maximum absolute atomic E-state index is 14.9. The highest BCUT2D eigenvalue weighted by atomic mass is 32.1. The number of amides is 1. The number of carbonyl (C=O) groups excluding carboxylic acids is 1. The van der Waals surface area contributed by atoms with Crippen LogP contribution in [0, 0.1) is 5.82 Å². The minimum Gasteiger partial charge on any atom is -0.478 e. The number of benzene rings is 5. The zero-order valence-electron chi connectivity index (χ0n) is 21.4. The van der Waals surface area contributed by atoms with Gasteiger partial charge < -0.3 is 10.4 Å². The minimum atomic E-state index is -0.994. The molecule has 0 saturated heterocycles. The first kappa shape index (κ1) is 25.5. The van der Waals surface area contributed by atoms with Gasteiger partial charge in [-0.25, -0.2) is 9.18 Å². The summed E-state index contributed by atoms with van der Waals surface area (Å²) in [4.78, 5) is 24.8. The zero-order valence-corrected chi connectivity index (χ0v) is 22.2. The molecule has 0 aliphatic carbocycles. The van der Waals surface area contributed by atoms with Crippen LogP contribution in [0.5, 0.6) is 0 Å². The number of aromatic carboxylic acids is 1. The van der Waals surface area contributed by atoms with Crippen LogP contribution in [0.15, 0.2) is 109 Å². The van der Waals surface area contributed by atoms with E-state index in [9.17, 15) is 14.0 Å². The van der Waals surface area contributed by atoms with Crippen molar-refractivity contribution in [3.63, 3.8) is 0 Å². The number of carboxylic acids is 1. The Kier molecular flexibility index (Phi) is 6.84. The molecule has 0 radical (unpaired) electrons. The van der Waals surface area contributed by atoms with Gasteiger partial charge in [-0.15, -0.1) is 11.3 Å². The van der Waals surface area contributed by atoms with E-state index in [1.165, 1.54) is 12.1 Å². The van der Waals surface area contributed by atoms with Crippen molar-refractivity contribution in [3.8, 4) is 11.1 Å². The molecule has 6 rings (SSSR count). The van der Waals surface area contributed by atoms with Crippen molar-refractivity contribution < 1.29 is 19.1 Å². The van der Waals surface area contributed by atoms with Crippen LogP contribution in [-0.4, -0.2) is 17.0 Å². The van der Waals surface area contributed by atoms with E-state index in [0.717, 1.165) is 43.3 Å². The Hall–Kier alpha value is -4.81. The van der Waals surface area contributed by atoms with Gasteiger partial charge >= 0.3 is 5.97 Å². The summed E-state index contributed by atoms with van der Waals surface area (Å²) in [5, 5.41) is 16.5. The molecule has 40 heavy (non-hydrogen) atoms. The molecule has 6 heteroatoms. The second kappa shape index (κ2) is 10.8. The van der Waals surface area contributed by atoms with Gasteiger partial charge in [0, 0.05) is 27.6 Å². The fraction of sp³-hybridized carbons (Fsp3) is 0.0588. The van der Waals surface area contributed by atoms with E-state index in [-0.39, 0.29) is 23.8 Å². The van der Waals surface area contributed by atoms with Crippen molar-refractivity contribution in [3.05, 3.63) is 142 Å². The van der Waals surface area contributed by atoms with E-state index < -0.39 is 5.97 Å². The monoisotopic (exact) mass is 545 g/mol. The van der Waals surface area contributed by atoms with Crippen LogP contribution < -0.4 is 5.32 Å². The van der Waals surface area contributed by atoms with E-state index in [1.807, 2.05) is 66.0 Å². The average Bonchev–Trinajstić information content (AvgIpc) is 3.38. The largest absolute Gasteiger partial charge is 0.478 e. The highest BCUT2D eigenvalue weighted by Gasteiger charge is 2.18. The third kappa shape index (κ3) is 5.09. The van der Waals surface area contributed by atoms with Crippen molar-refractivity contribution in [1.29, 1.82) is 0 Å². The fourth-order valence-electron chi connectivity index (χ4n) is 5.03. The molecular formula is C34H24FNO3S. The van der Waals surface area contributed by atoms with Gasteiger partial charge in [0.1, 0.15) is 5.82 Å². The molecule has 4 nitrogen and oxygen atoms in total. The first-order chi connectivity index (χ1) is 19.5. The van der Waals surface area contributed by atoms with Crippen molar-refractivity contribution in [2.45, 2.75) is 13.0 Å². The molecule has 0 saturated carbocycles. The molecular weight excluding hydrogens is 521 g/mol. The van der Waals surface area contributed by atoms with Gasteiger partial charge in [-0.2, -0.15) is 0 Å². The topological polar surface area (TPSA) is 66.4 Å². The molecule has 2 N–H and O–H groups in total. The van der Waals surface area contributed by atoms with Crippen LogP contribution in [0.25, 0.3) is 32.0 Å². The van der Waals surface area contributed by atoms with Gasteiger partial charge in [-0.1, -0.05) is 72.8 Å². The number of carbonyl (C=O) groups is 2. The number of hydrogen-bond donors (Lipinski definition) is 2. The van der Waals surface area contributed by atoms with Gasteiger partial charge in [-0.3, -0.25) is 4.79 Å². The van der Waals surface area contributed by atoms with E-state index in [1.54, 1.807) is 35.6 Å². The number of nitrogens with one attached hydrogen (secondary N) is 1. The van der Waals surface area contributed by atoms with Gasteiger partial charge in [0.15, 0.2) is 0 Å². The fourth-order valence-corrected chi connectivity index (χ4v) is 6.05. The van der Waals surface area contributed by atoms with Crippen LogP contribution in [0.3, 0.4) is 0 Å². The maximum atomic E-state index is 14.9. The molecule has 0 aliphatic rings. The van der Waals surface area contributed by atoms with Gasteiger partial charge in [0.05, 0.1) is 5.56 Å². The Morgan fingerprint density at radius 2 is 1.55 bits per heavy atom. The molecule has 6 aromatic rings. The number of rotatable bonds is 7. The Morgan fingerprint density at radius 3 is 2.33 bits per heavy atom. The van der Waals surface area contributed by atoms with Gasteiger partial charge in [0.2, 0.25) is 0 Å². The molecule has 0 fully saturated rings. The average molecular weight is 546 g/mol. The first-order valence-electron chi connectivity index (χ1n) is 12.8. The lowest BCUT2D eigenvalue weighted by atomic mass is 9.95. The molecule has 0 spiro atoms. The summed E-state index contributed by atoms with van der Waals surface area (Å²) in [6.45, 7) is 0.255.